The van der Waals surface area contributed by atoms with Crippen molar-refractivity contribution in [1.29, 1.82) is 0 Å². The number of carbonyl (C=O) groups excluding carboxylic acids is 1. The first-order chi connectivity index (χ1) is 22.9. The molecule has 1 radical (unpaired) electrons. The van der Waals surface area contributed by atoms with E-state index < -0.39 is 0 Å². The molecule has 279 valence electrons. The Morgan fingerprint density at radius 1 is 0.800 bits per heavy atom. The first-order valence-corrected chi connectivity index (χ1v) is 16.8. The maximum Gasteiger partial charge on any atom is 0.302 e. The summed E-state index contributed by atoms with van der Waals surface area (Å²) in [7, 11) is 15.6. The van der Waals surface area contributed by atoms with Crippen LogP contribution in [0.3, 0.4) is 0 Å². The van der Waals surface area contributed by atoms with Crippen LogP contribution in [0.2, 0.25) is 0 Å². The molecular weight excluding hydrogens is 701 g/mol. The van der Waals surface area contributed by atoms with Gasteiger partial charge in [0.25, 0.3) is 11.6 Å². The maximum absolute atomic E-state index is 9.59. The van der Waals surface area contributed by atoms with Gasteiger partial charge in [0.05, 0.1) is 49.4 Å². The van der Waals surface area contributed by atoms with Gasteiger partial charge in [-0.05, 0) is 6.92 Å². The maximum atomic E-state index is 9.59. The van der Waals surface area contributed by atoms with E-state index in [4.69, 9.17) is 0 Å². The summed E-state index contributed by atoms with van der Waals surface area (Å²) in [5.74, 6) is 3.38. The van der Waals surface area contributed by atoms with E-state index in [1.165, 1.54) is 48.3 Å². The largest absolute Gasteiger partial charge is 0.469 e. The number of imidazole rings is 4. The number of carbonyl (C=O) groups is 1. The second-order valence-corrected chi connectivity index (χ2v) is 10.9. The number of ether oxygens (including phenoxy) is 1. The Balaban J connectivity index is -0.000000250. The van der Waals surface area contributed by atoms with E-state index in [9.17, 15) is 4.79 Å². The van der Waals surface area contributed by atoms with Gasteiger partial charge in [-0.2, -0.15) is 35.9 Å². The van der Waals surface area contributed by atoms with Crippen molar-refractivity contribution in [1.82, 2.24) is 23.3 Å². The molecule has 0 unspecified atom stereocenters. The molecule has 4 aromatic heterocycles. The molecule has 50 heavy (non-hydrogen) atoms. The molecule has 5 aromatic rings. The van der Waals surface area contributed by atoms with Gasteiger partial charge in [0.15, 0.2) is 0 Å². The minimum absolute atomic E-state index is 0. The second-order valence-electron chi connectivity index (χ2n) is 10.9. The van der Waals surface area contributed by atoms with Crippen LogP contribution in [0.5, 0.6) is 0 Å². The van der Waals surface area contributed by atoms with E-state index in [1.54, 1.807) is 6.20 Å². The third-order valence-corrected chi connectivity index (χ3v) is 7.57. The van der Waals surface area contributed by atoms with Gasteiger partial charge in [-0.3, -0.25) is 4.79 Å². The van der Waals surface area contributed by atoms with Crippen LogP contribution in [-0.2, 0) is 91.6 Å². The fourth-order valence-electron chi connectivity index (χ4n) is 3.55. The van der Waals surface area contributed by atoms with Crippen molar-refractivity contribution < 1.29 is 55.9 Å². The molecule has 0 amide bonds. The smallest absolute Gasteiger partial charge is 0.302 e. The van der Waals surface area contributed by atoms with E-state index in [-0.39, 0.29) is 38.7 Å². The third-order valence-electron chi connectivity index (χ3n) is 7.57. The molecule has 0 saturated heterocycles. The van der Waals surface area contributed by atoms with E-state index in [2.05, 4.69) is 100 Å². The molecule has 1 aromatic carbocycles. The minimum atomic E-state index is -0.245. The van der Waals surface area contributed by atoms with Gasteiger partial charge in [-0.25, -0.2) is 32.4 Å². The molecule has 0 bridgehead atoms. The predicted molar refractivity (Wildman–Crippen MR) is 202 cm³/mol. The Morgan fingerprint density at radius 2 is 1.30 bits per heavy atom. The monoisotopic (exact) mass is 771 g/mol. The van der Waals surface area contributed by atoms with Crippen molar-refractivity contribution >= 4 is 5.97 Å². The van der Waals surface area contributed by atoms with Crippen LogP contribution in [0, 0.1) is 54.5 Å². The van der Waals surface area contributed by atoms with Crippen molar-refractivity contribution in [3.05, 3.63) is 108 Å². The standard InChI is InChI=1S/C8H15N2.C7H7.2C6H11N2.C5H8N2.C3H6O2.2C2H6.Y/c1-6-7(2)10(5)8(3)9(6)4;1-7-5-3-2-4-6-7;1-6-4-7(2)5-8(6)3;1-6-7(2)4-5-8(6)3;1-5-6-3-4-7(5)2;1-3(4)5-2;2*1-2;/h1-5H3;3-6H,1H3;2*4-5H,1-3H3;3-4H,1-2H3;1-2H3;2*1-2H3;/q+1;-1;2*+1;;;;;. The first-order valence-electron chi connectivity index (χ1n) is 16.8. The number of nitrogens with zero attached hydrogens (tertiary/aromatic N) is 8. The first kappa shape index (κ1) is 53.4. The Bertz CT molecular complexity index is 1430. The van der Waals surface area contributed by atoms with Gasteiger partial charge in [-0.1, -0.05) is 34.6 Å². The predicted octanol–water partition coefficient (Wildman–Crippen LogP) is 5.84. The van der Waals surface area contributed by atoms with Gasteiger partial charge >= 0.3 is 5.97 Å². The Morgan fingerprint density at radius 3 is 1.42 bits per heavy atom. The molecule has 0 aliphatic carbocycles. The summed E-state index contributed by atoms with van der Waals surface area (Å²) < 4.78 is 18.8. The molecule has 0 fully saturated rings. The van der Waals surface area contributed by atoms with Gasteiger partial charge < -0.3 is 9.30 Å². The summed E-state index contributed by atoms with van der Waals surface area (Å²) in [6, 6.07) is 10.8. The number of benzene rings is 1. The summed E-state index contributed by atoms with van der Waals surface area (Å²) in [5.41, 5.74) is 5.27. The molecule has 10 nitrogen and oxygen atoms in total. The molecule has 0 saturated carbocycles. The van der Waals surface area contributed by atoms with Crippen LogP contribution in [0.1, 0.15) is 74.7 Å². The third kappa shape index (κ3) is 22.4. The van der Waals surface area contributed by atoms with Crippen LogP contribution < -0.4 is 13.7 Å². The van der Waals surface area contributed by atoms with Crippen LogP contribution in [0.15, 0.2) is 61.6 Å². The van der Waals surface area contributed by atoms with Gasteiger partial charge in [0, 0.05) is 93.7 Å². The van der Waals surface area contributed by atoms with Crippen molar-refractivity contribution in [3.63, 3.8) is 0 Å². The summed E-state index contributed by atoms with van der Waals surface area (Å²) in [6.45, 7) is 24.0. The summed E-state index contributed by atoms with van der Waals surface area (Å²) >= 11 is 0. The molecule has 0 N–H and O–H groups in total. The summed E-state index contributed by atoms with van der Waals surface area (Å²) in [6.07, 6.45) is 11.9. The number of rotatable bonds is 0. The van der Waals surface area contributed by atoms with Crippen molar-refractivity contribution in [2.24, 2.45) is 49.3 Å². The average Bonchev–Trinajstić information content (AvgIpc) is 3.77. The second kappa shape index (κ2) is 30.5. The fourth-order valence-corrected chi connectivity index (χ4v) is 3.55. The number of aryl methyl sites for hydroxylation is 8. The fraction of sp³-hybridized carbons (Fsp3) is 0.513. The topological polar surface area (TPSA) is 70.6 Å². The zero-order chi connectivity index (χ0) is 38.9. The Hall–Kier alpha value is -3.37. The summed E-state index contributed by atoms with van der Waals surface area (Å²) in [4.78, 5) is 13.6. The van der Waals surface area contributed by atoms with Crippen LogP contribution in [-0.4, -0.2) is 36.3 Å². The molecule has 0 aliphatic heterocycles. The SMILES string of the molecule is CC.CC.COC(C)=O.Cc1c(C)[n+](C)c(C)n1C.Cc1c[n+](C)cn1C.Cc1cc[c-]cc1.Cc1n(C)cc[n+]1C.Cc1nccn1C.[Y]. The molecule has 4 heterocycles. The van der Waals surface area contributed by atoms with Crippen molar-refractivity contribution in [2.75, 3.05) is 7.11 Å². The summed E-state index contributed by atoms with van der Waals surface area (Å²) in [5, 5.41) is 0. The van der Waals surface area contributed by atoms with Crippen LogP contribution in [0.25, 0.3) is 0 Å². The quantitative estimate of drug-likeness (QED) is 0.113. The van der Waals surface area contributed by atoms with Crippen LogP contribution in [0.4, 0.5) is 0 Å². The van der Waals surface area contributed by atoms with Crippen LogP contribution >= 0.6 is 0 Å². The van der Waals surface area contributed by atoms with Crippen molar-refractivity contribution in [2.45, 2.75) is 83.1 Å². The molecule has 0 atom stereocenters. The number of hydrogen-bond acceptors (Lipinski definition) is 3. The Kier molecular flexibility index (Phi) is 32.5. The van der Waals surface area contributed by atoms with E-state index in [1.807, 2.05) is 128 Å². The zero-order valence-electron chi connectivity index (χ0n) is 35.2. The zero-order valence-corrected chi connectivity index (χ0v) is 38.1. The Labute approximate surface area is 330 Å². The van der Waals surface area contributed by atoms with E-state index in [0.29, 0.717) is 0 Å². The molecule has 5 rings (SSSR count). The molecule has 0 aliphatic rings. The minimum Gasteiger partial charge on any atom is -0.469 e. The average molecular weight is 772 g/mol. The van der Waals surface area contributed by atoms with E-state index >= 15 is 0 Å². The number of hydrogen-bond donors (Lipinski definition) is 0. The van der Waals surface area contributed by atoms with Gasteiger partial charge in [-0.15, -0.1) is 0 Å². The molecule has 11 heteroatoms. The molecule has 0 spiro atoms. The number of aromatic nitrogens is 8. The van der Waals surface area contributed by atoms with Gasteiger partial charge in [0.1, 0.15) is 41.5 Å². The van der Waals surface area contributed by atoms with E-state index in [0.717, 1.165) is 5.82 Å². The van der Waals surface area contributed by atoms with Gasteiger partial charge in [0.2, 0.25) is 6.33 Å². The number of esters is 1. The number of methoxy groups -OCH3 is 1. The molecular formula is C39H70N8O2Y+2. The van der Waals surface area contributed by atoms with Crippen molar-refractivity contribution in [3.8, 4) is 0 Å². The normalized spacial score (nSPS) is 8.72.